The number of aromatic hydroxyl groups is 3. The number of hydrazone groups is 1. The van der Waals surface area contributed by atoms with Gasteiger partial charge in [0, 0.05) is 67.2 Å². The Balaban J connectivity index is 1.34. The molecule has 4 aliphatic carbocycles. The largest absolute Gasteiger partial charge is 0.507 e. The molecule has 2 aromatic rings. The molecule has 0 spiro atoms. The van der Waals surface area contributed by atoms with Crippen molar-refractivity contribution < 1.29 is 58.9 Å². The van der Waals surface area contributed by atoms with E-state index in [1.54, 1.807) is 46.8 Å². The number of fused-ring (bicyclic) bond motifs is 14. The lowest BCUT2D eigenvalue weighted by Crippen LogP contribution is -2.53. The van der Waals surface area contributed by atoms with Crippen molar-refractivity contribution in [3.8, 4) is 23.0 Å². The minimum atomic E-state index is -2.04. The fourth-order valence-electron chi connectivity index (χ4n) is 11.2. The number of methoxy groups -OCH3 is 1. The van der Waals surface area contributed by atoms with Crippen LogP contribution >= 0.6 is 0 Å². The quantitative estimate of drug-likeness (QED) is 0.0561. The molecule has 15 nitrogen and oxygen atoms in total. The zero-order chi connectivity index (χ0) is 45.8. The molecule has 7 N–H and O–H groups in total. The van der Waals surface area contributed by atoms with Crippen molar-refractivity contribution in [3.63, 3.8) is 0 Å². The minimum Gasteiger partial charge on any atom is -0.507 e. The van der Waals surface area contributed by atoms with Crippen molar-refractivity contribution in [3.05, 3.63) is 52.8 Å². The highest BCUT2D eigenvalue weighted by atomic mass is 16.7. The van der Waals surface area contributed by atoms with Gasteiger partial charge in [0.15, 0.2) is 5.75 Å². The zero-order valence-corrected chi connectivity index (χ0v) is 37.5. The van der Waals surface area contributed by atoms with Crippen LogP contribution in [0.25, 0.3) is 10.8 Å². The Hall–Kier alpha value is -5.12. The van der Waals surface area contributed by atoms with Crippen LogP contribution in [0.3, 0.4) is 0 Å². The average molecular weight is 874 g/mol. The Morgan fingerprint density at radius 2 is 1.56 bits per heavy atom. The highest BCUT2D eigenvalue weighted by Gasteiger charge is 2.51. The summed E-state index contributed by atoms with van der Waals surface area (Å²) in [6.07, 6.45) is 10.8. The van der Waals surface area contributed by atoms with Gasteiger partial charge in [0.2, 0.25) is 0 Å². The Bertz CT molecular complexity index is 2240. The molecule has 9 bridgehead atoms. The highest BCUT2D eigenvalue weighted by molar-refractivity contribution is 6.23. The third-order valence-electron chi connectivity index (χ3n) is 14.7. The molecule has 63 heavy (non-hydrogen) atoms. The first-order chi connectivity index (χ1) is 29.8. The molecule has 9 unspecified atom stereocenters. The van der Waals surface area contributed by atoms with Crippen molar-refractivity contribution in [2.45, 2.75) is 124 Å². The standard InChI is InChI=1S/C48H63N3O12/c1-21-11-10-12-22(2)47(59)50-38-32(20-49-51-37-30-16-28-15-29(18-30)19-31(37)17-28)42(56)34-35(43(38)57)41(55)26(6)45-36(34)46(58)48(8,63-45)61-14-13-33(60-9)23(3)44(62-27(7)52)25(5)40(54)24(4)39(21)53/h10-14,20-21,23-25,28-31,33,37,39-40,44,51,53-57H,15-19H2,1-9H3,(H,50,59)/b11-10+,14-13+,22-12-,49-20+. The molecular formula is C48H63N3O12. The van der Waals surface area contributed by atoms with Gasteiger partial charge in [-0.3, -0.25) is 14.4 Å². The number of anilines is 1. The second-order valence-electron chi connectivity index (χ2n) is 19.0. The molecule has 1 amide bonds. The Labute approximate surface area is 368 Å². The number of allylic oxidation sites excluding steroid dienone is 2. The van der Waals surface area contributed by atoms with Crippen molar-refractivity contribution in [2.75, 3.05) is 12.4 Å². The summed E-state index contributed by atoms with van der Waals surface area (Å²) >= 11 is 0. The van der Waals surface area contributed by atoms with E-state index >= 15 is 0 Å². The molecule has 0 radical (unpaired) electrons. The number of phenolic OH excluding ortho intramolecular Hbond substituents is 3. The van der Waals surface area contributed by atoms with Gasteiger partial charge in [-0.25, -0.2) is 0 Å². The molecule has 7 aliphatic rings. The van der Waals surface area contributed by atoms with Crippen LogP contribution in [0.5, 0.6) is 23.0 Å². The summed E-state index contributed by atoms with van der Waals surface area (Å²) in [6, 6.07) is 0.120. The number of esters is 1. The number of benzene rings is 2. The second kappa shape index (κ2) is 17.8. The molecule has 9 rings (SSSR count). The van der Waals surface area contributed by atoms with Gasteiger partial charge in [-0.2, -0.15) is 5.10 Å². The van der Waals surface area contributed by atoms with Gasteiger partial charge in [-0.1, -0.05) is 45.9 Å². The molecule has 4 saturated carbocycles. The summed E-state index contributed by atoms with van der Waals surface area (Å²) in [4.78, 5) is 40.8. The lowest BCUT2D eigenvalue weighted by Gasteiger charge is -2.54. The number of amides is 1. The van der Waals surface area contributed by atoms with Crippen molar-refractivity contribution in [1.29, 1.82) is 0 Å². The predicted molar refractivity (Wildman–Crippen MR) is 235 cm³/mol. The Morgan fingerprint density at radius 3 is 2.17 bits per heavy atom. The number of rotatable bonds is 5. The van der Waals surface area contributed by atoms with Crippen LogP contribution in [0.2, 0.25) is 0 Å². The van der Waals surface area contributed by atoms with Gasteiger partial charge in [0.1, 0.15) is 23.4 Å². The summed E-state index contributed by atoms with van der Waals surface area (Å²) in [5, 5.41) is 65.7. The third kappa shape index (κ3) is 8.39. The average Bonchev–Trinajstić information content (AvgIpc) is 3.50. The number of nitrogens with one attached hydrogen (secondary N) is 2. The Kier molecular flexibility index (Phi) is 13.0. The Morgan fingerprint density at radius 1 is 0.905 bits per heavy atom. The maximum atomic E-state index is 14.6. The molecule has 342 valence electrons. The van der Waals surface area contributed by atoms with Crippen LogP contribution in [0.1, 0.15) is 102 Å². The van der Waals surface area contributed by atoms with Gasteiger partial charge in [-0.05, 0) is 75.7 Å². The van der Waals surface area contributed by atoms with E-state index in [1.807, 2.05) is 0 Å². The van der Waals surface area contributed by atoms with Crippen molar-refractivity contribution in [1.82, 2.24) is 5.43 Å². The van der Waals surface area contributed by atoms with E-state index in [9.17, 15) is 39.9 Å². The predicted octanol–water partition coefficient (Wildman–Crippen LogP) is 6.50. The second-order valence-corrected chi connectivity index (χ2v) is 19.0. The fourth-order valence-corrected chi connectivity index (χ4v) is 11.2. The number of aliphatic hydroxyl groups is 2. The van der Waals surface area contributed by atoms with Crippen LogP contribution in [0, 0.1) is 54.3 Å². The SMILES string of the molecule is COC1/C=C/OC2(C)Oc3c(C)c(O)c4c(O)c(c(/C=N/NC5C6CC7CC(C6)CC5C7)c(O)c4c3C2=O)NC(=O)/C(C)=C\C=C\C(C)C(O)C(C)C(O)C(C)C(OC(C)=O)C1C. The van der Waals surface area contributed by atoms with Crippen LogP contribution in [-0.4, -0.2) is 92.8 Å². The number of carbonyl (C=O) groups excluding carboxylic acids is 3. The van der Waals surface area contributed by atoms with Gasteiger partial charge in [0.05, 0.1) is 53.0 Å². The normalized spacial score (nSPS) is 37.6. The number of carbonyl (C=O) groups is 3. The molecule has 3 aliphatic heterocycles. The van der Waals surface area contributed by atoms with Crippen molar-refractivity contribution in [2.24, 2.45) is 52.4 Å². The smallest absolute Gasteiger partial charge is 0.312 e. The fraction of sp³-hybridized carbons (Fsp3) is 0.583. The molecule has 2 aromatic carbocycles. The van der Waals surface area contributed by atoms with Gasteiger partial charge in [-0.15, -0.1) is 0 Å². The monoisotopic (exact) mass is 873 g/mol. The van der Waals surface area contributed by atoms with Gasteiger partial charge in [0.25, 0.3) is 11.7 Å². The van der Waals surface area contributed by atoms with Crippen LogP contribution in [0.15, 0.2) is 41.2 Å². The van der Waals surface area contributed by atoms with E-state index in [0.29, 0.717) is 11.8 Å². The molecule has 0 saturated heterocycles. The number of hydrogen-bond donors (Lipinski definition) is 7. The van der Waals surface area contributed by atoms with E-state index in [0.717, 1.165) is 37.5 Å². The number of hydrogen-bond acceptors (Lipinski definition) is 14. The first-order valence-corrected chi connectivity index (χ1v) is 22.1. The van der Waals surface area contributed by atoms with Gasteiger partial charge >= 0.3 is 11.8 Å². The first kappa shape index (κ1) is 45.9. The van der Waals surface area contributed by atoms with Crippen LogP contribution in [-0.2, 0) is 23.8 Å². The lowest BCUT2D eigenvalue weighted by atomic mass is 9.54. The van der Waals surface area contributed by atoms with Crippen molar-refractivity contribution >= 4 is 40.3 Å². The summed E-state index contributed by atoms with van der Waals surface area (Å²) < 4.78 is 23.7. The molecule has 0 aromatic heterocycles. The zero-order valence-electron chi connectivity index (χ0n) is 37.5. The van der Waals surface area contributed by atoms with E-state index in [-0.39, 0.29) is 50.5 Å². The maximum Gasteiger partial charge on any atom is 0.312 e. The molecule has 15 heteroatoms. The van der Waals surface area contributed by atoms with Gasteiger partial charge < -0.3 is 55.2 Å². The van der Waals surface area contributed by atoms with Crippen LogP contribution in [0.4, 0.5) is 5.69 Å². The number of ketones is 1. The van der Waals surface area contributed by atoms with E-state index in [1.165, 1.54) is 58.9 Å². The summed E-state index contributed by atoms with van der Waals surface area (Å²) in [5.74, 6) is -5.86. The van der Waals surface area contributed by atoms with E-state index in [2.05, 4.69) is 15.8 Å². The van der Waals surface area contributed by atoms with Crippen LogP contribution < -0.4 is 15.5 Å². The number of ether oxygens (including phenoxy) is 4. The molecule has 4 fully saturated rings. The third-order valence-corrected chi connectivity index (χ3v) is 14.7. The topological polar surface area (TPSA) is 226 Å². The molecule has 9 atom stereocenters. The highest BCUT2D eigenvalue weighted by Crippen LogP contribution is 2.56. The maximum absolute atomic E-state index is 14.6. The summed E-state index contributed by atoms with van der Waals surface area (Å²) in [6.45, 7) is 12.6. The number of Topliss-reactive ketones (excluding diaryl/α,β-unsaturated/α-hetero) is 1. The summed E-state index contributed by atoms with van der Waals surface area (Å²) in [5.41, 5.74) is 3.05. The molecular weight excluding hydrogens is 811 g/mol. The number of phenols is 3. The number of aliphatic hydroxyl groups excluding tert-OH is 2. The van der Waals surface area contributed by atoms with E-state index in [4.69, 9.17) is 18.9 Å². The minimum absolute atomic E-state index is 0.0662. The molecule has 3 heterocycles. The number of nitrogens with zero attached hydrogens (tertiary/aromatic N) is 1. The first-order valence-electron chi connectivity index (χ1n) is 22.1. The van der Waals surface area contributed by atoms with E-state index < -0.39 is 88.8 Å². The lowest BCUT2D eigenvalue weighted by molar-refractivity contribution is -0.160. The summed E-state index contributed by atoms with van der Waals surface area (Å²) in [7, 11) is 1.45.